The molecule has 1 N–H and O–H groups in total. The van der Waals surface area contributed by atoms with Gasteiger partial charge in [-0.05, 0) is 19.1 Å². The highest BCUT2D eigenvalue weighted by atomic mass is 32.1. The van der Waals surface area contributed by atoms with Gasteiger partial charge in [-0.1, -0.05) is 11.3 Å². The molecule has 4 rings (SSSR count). The van der Waals surface area contributed by atoms with Crippen LogP contribution in [0.3, 0.4) is 0 Å². The Kier molecular flexibility index (Phi) is 4.14. The molecule has 27 heavy (non-hydrogen) atoms. The quantitative estimate of drug-likeness (QED) is 0.709. The molecule has 0 aliphatic carbocycles. The lowest BCUT2D eigenvalue weighted by Crippen LogP contribution is -2.16. The van der Waals surface area contributed by atoms with Gasteiger partial charge < -0.3 is 9.47 Å². The summed E-state index contributed by atoms with van der Waals surface area (Å²) >= 11 is 1.23. The van der Waals surface area contributed by atoms with E-state index in [-0.39, 0.29) is 11.3 Å². The van der Waals surface area contributed by atoms with E-state index in [4.69, 9.17) is 9.47 Å². The zero-order chi connectivity index (χ0) is 19.2. The standard InChI is InChI=1S/C17H12F3N3O3S/c1-8-9(2-3-14(21-8)17(18,19)20)15(24)23-16-22-10-6-11-12(7-13(10)27-16)26-5-4-25-11/h2-3,6-7H,4-5H2,1H3,(H,22,23,24). The molecule has 0 spiro atoms. The lowest BCUT2D eigenvalue weighted by Gasteiger charge is -2.17. The van der Waals surface area contributed by atoms with Crippen molar-refractivity contribution in [3.05, 3.63) is 41.2 Å². The summed E-state index contributed by atoms with van der Waals surface area (Å²) in [5.41, 5.74) is -0.377. The number of ether oxygens (including phenoxy) is 2. The second-order valence-electron chi connectivity index (χ2n) is 5.76. The van der Waals surface area contributed by atoms with Gasteiger partial charge in [0.1, 0.15) is 18.9 Å². The molecule has 1 amide bonds. The van der Waals surface area contributed by atoms with Crippen LogP contribution in [0.5, 0.6) is 11.5 Å². The number of pyridine rings is 1. The number of aromatic nitrogens is 2. The lowest BCUT2D eigenvalue weighted by molar-refractivity contribution is -0.141. The summed E-state index contributed by atoms with van der Waals surface area (Å²) in [6.07, 6.45) is -4.56. The van der Waals surface area contributed by atoms with Crippen molar-refractivity contribution in [2.75, 3.05) is 18.5 Å². The van der Waals surface area contributed by atoms with Crippen LogP contribution < -0.4 is 14.8 Å². The van der Waals surface area contributed by atoms with Crippen LogP contribution in [-0.2, 0) is 6.18 Å². The molecule has 6 nitrogen and oxygen atoms in total. The van der Waals surface area contributed by atoms with Gasteiger partial charge in [-0.25, -0.2) is 9.97 Å². The molecule has 0 saturated heterocycles. The van der Waals surface area contributed by atoms with E-state index in [0.717, 1.165) is 16.8 Å². The van der Waals surface area contributed by atoms with E-state index in [1.807, 2.05) is 0 Å². The molecular weight excluding hydrogens is 383 g/mol. The van der Waals surface area contributed by atoms with Crippen LogP contribution in [0.2, 0.25) is 0 Å². The van der Waals surface area contributed by atoms with Crippen LogP contribution in [-0.4, -0.2) is 29.1 Å². The maximum absolute atomic E-state index is 12.7. The van der Waals surface area contributed by atoms with Crippen molar-refractivity contribution in [3.63, 3.8) is 0 Å². The largest absolute Gasteiger partial charge is 0.486 e. The van der Waals surface area contributed by atoms with E-state index >= 15 is 0 Å². The fraction of sp³-hybridized carbons (Fsp3) is 0.235. The van der Waals surface area contributed by atoms with Crippen molar-refractivity contribution in [2.45, 2.75) is 13.1 Å². The second kappa shape index (κ2) is 6.38. The van der Waals surface area contributed by atoms with Gasteiger partial charge in [-0.15, -0.1) is 0 Å². The molecule has 10 heteroatoms. The molecule has 1 aromatic carbocycles. The number of hydrogen-bond acceptors (Lipinski definition) is 6. The first-order chi connectivity index (χ1) is 12.8. The van der Waals surface area contributed by atoms with Gasteiger partial charge in [-0.3, -0.25) is 10.1 Å². The highest BCUT2D eigenvalue weighted by Gasteiger charge is 2.33. The lowest BCUT2D eigenvalue weighted by atomic mass is 10.1. The predicted octanol–water partition coefficient (Wildman–Crippen LogP) is 4.04. The molecule has 0 saturated carbocycles. The predicted molar refractivity (Wildman–Crippen MR) is 92.5 cm³/mol. The summed E-state index contributed by atoms with van der Waals surface area (Å²) in [6, 6.07) is 5.39. The van der Waals surface area contributed by atoms with Crippen molar-refractivity contribution < 1.29 is 27.4 Å². The number of aryl methyl sites for hydroxylation is 1. The first kappa shape index (κ1) is 17.5. The third-order valence-electron chi connectivity index (χ3n) is 3.89. The first-order valence-electron chi connectivity index (χ1n) is 7.87. The Bertz CT molecular complexity index is 1010. The van der Waals surface area contributed by atoms with Crippen LogP contribution in [0, 0.1) is 6.92 Å². The smallest absolute Gasteiger partial charge is 0.433 e. The SMILES string of the molecule is Cc1nc(C(F)(F)F)ccc1C(=O)Nc1nc2cc3c(cc2s1)OCCO3. The van der Waals surface area contributed by atoms with E-state index in [0.29, 0.717) is 35.4 Å². The molecule has 3 aromatic rings. The Hall–Kier alpha value is -2.88. The summed E-state index contributed by atoms with van der Waals surface area (Å²) < 4.78 is 49.9. The van der Waals surface area contributed by atoms with E-state index < -0.39 is 17.8 Å². The Morgan fingerprint density at radius 2 is 1.85 bits per heavy atom. The van der Waals surface area contributed by atoms with Crippen molar-refractivity contribution in [3.8, 4) is 11.5 Å². The average Bonchev–Trinajstić information content (AvgIpc) is 2.99. The van der Waals surface area contributed by atoms with Crippen LogP contribution in [0.4, 0.5) is 18.3 Å². The Labute approximate surface area is 155 Å². The van der Waals surface area contributed by atoms with E-state index in [9.17, 15) is 18.0 Å². The molecule has 0 atom stereocenters. The van der Waals surface area contributed by atoms with Crippen molar-refractivity contribution in [1.82, 2.24) is 9.97 Å². The highest BCUT2D eigenvalue weighted by molar-refractivity contribution is 7.22. The van der Waals surface area contributed by atoms with Crippen LogP contribution >= 0.6 is 11.3 Å². The highest BCUT2D eigenvalue weighted by Crippen LogP contribution is 2.38. The monoisotopic (exact) mass is 395 g/mol. The van der Waals surface area contributed by atoms with Crippen molar-refractivity contribution in [1.29, 1.82) is 0 Å². The molecule has 0 bridgehead atoms. The number of hydrogen-bond donors (Lipinski definition) is 1. The maximum atomic E-state index is 12.7. The fourth-order valence-electron chi connectivity index (χ4n) is 2.64. The van der Waals surface area contributed by atoms with Crippen molar-refractivity contribution >= 4 is 32.6 Å². The number of fused-ring (bicyclic) bond motifs is 2. The zero-order valence-electron chi connectivity index (χ0n) is 13.9. The van der Waals surface area contributed by atoms with Gasteiger partial charge in [0.15, 0.2) is 16.6 Å². The number of halogens is 3. The van der Waals surface area contributed by atoms with Gasteiger partial charge in [0.25, 0.3) is 5.91 Å². The summed E-state index contributed by atoms with van der Waals surface area (Å²) in [6.45, 7) is 2.26. The number of amides is 1. The number of nitrogens with zero attached hydrogens (tertiary/aromatic N) is 2. The number of anilines is 1. The van der Waals surface area contributed by atoms with Gasteiger partial charge in [0, 0.05) is 12.1 Å². The molecule has 0 unspecified atom stereocenters. The van der Waals surface area contributed by atoms with E-state index in [1.165, 1.54) is 18.3 Å². The first-order valence-corrected chi connectivity index (χ1v) is 8.69. The molecule has 1 aliphatic rings. The zero-order valence-corrected chi connectivity index (χ0v) is 14.7. The summed E-state index contributed by atoms with van der Waals surface area (Å²) in [5, 5.41) is 2.92. The van der Waals surface area contributed by atoms with Gasteiger partial charge in [0.05, 0.1) is 21.5 Å². The van der Waals surface area contributed by atoms with Gasteiger partial charge in [0.2, 0.25) is 0 Å². The van der Waals surface area contributed by atoms with Gasteiger partial charge in [-0.2, -0.15) is 13.2 Å². The number of carbonyl (C=O) groups is 1. The third-order valence-corrected chi connectivity index (χ3v) is 4.83. The normalized spacial score (nSPS) is 13.6. The Morgan fingerprint density at radius 1 is 1.15 bits per heavy atom. The number of nitrogens with one attached hydrogen (secondary N) is 1. The Balaban J connectivity index is 1.59. The Morgan fingerprint density at radius 3 is 2.52 bits per heavy atom. The molecule has 0 radical (unpaired) electrons. The molecular formula is C17H12F3N3O3S. The number of benzene rings is 1. The summed E-state index contributed by atoms with van der Waals surface area (Å²) in [7, 11) is 0. The van der Waals surface area contributed by atoms with Crippen LogP contribution in [0.1, 0.15) is 21.7 Å². The summed E-state index contributed by atoms with van der Waals surface area (Å²) in [5.74, 6) is 0.614. The summed E-state index contributed by atoms with van der Waals surface area (Å²) in [4.78, 5) is 20.2. The molecule has 140 valence electrons. The number of alkyl halides is 3. The molecule has 2 aromatic heterocycles. The van der Waals surface area contributed by atoms with Crippen LogP contribution in [0.25, 0.3) is 10.2 Å². The van der Waals surface area contributed by atoms with E-state index in [2.05, 4.69) is 15.3 Å². The minimum absolute atomic E-state index is 0.0132. The fourth-order valence-corrected chi connectivity index (χ4v) is 3.51. The number of rotatable bonds is 2. The van der Waals surface area contributed by atoms with Gasteiger partial charge >= 0.3 is 6.18 Å². The number of carbonyl (C=O) groups excluding carboxylic acids is 1. The minimum Gasteiger partial charge on any atom is -0.486 e. The third kappa shape index (κ3) is 3.39. The van der Waals surface area contributed by atoms with Crippen molar-refractivity contribution in [2.24, 2.45) is 0 Å². The second-order valence-corrected chi connectivity index (χ2v) is 6.79. The number of thiazole rings is 1. The topological polar surface area (TPSA) is 73.3 Å². The molecule has 0 fully saturated rings. The maximum Gasteiger partial charge on any atom is 0.433 e. The average molecular weight is 395 g/mol. The molecule has 1 aliphatic heterocycles. The molecule has 3 heterocycles. The van der Waals surface area contributed by atoms with E-state index in [1.54, 1.807) is 12.1 Å². The van der Waals surface area contributed by atoms with Crippen LogP contribution in [0.15, 0.2) is 24.3 Å². The minimum atomic E-state index is -4.56.